The molecule has 164 valence electrons. The van der Waals surface area contributed by atoms with Crippen molar-refractivity contribution in [1.82, 2.24) is 10.3 Å². The Labute approximate surface area is 184 Å². The summed E-state index contributed by atoms with van der Waals surface area (Å²) >= 11 is 0. The summed E-state index contributed by atoms with van der Waals surface area (Å²) in [7, 11) is 8.18. The summed E-state index contributed by atoms with van der Waals surface area (Å²) in [6.45, 7) is 1.56. The number of anilines is 3. The maximum atomic E-state index is 9.98. The van der Waals surface area contributed by atoms with E-state index in [1.54, 1.807) is 0 Å². The van der Waals surface area contributed by atoms with E-state index in [1.807, 2.05) is 34.4 Å². The summed E-state index contributed by atoms with van der Waals surface area (Å²) in [4.78, 5) is 8.65. The lowest BCUT2D eigenvalue weighted by Crippen LogP contribution is -2.50. The molecule has 2 aliphatic heterocycles. The molecule has 1 saturated heterocycles. The molecule has 0 amide bonds. The van der Waals surface area contributed by atoms with Crippen LogP contribution in [-0.2, 0) is 0 Å². The molecule has 0 aromatic heterocycles. The van der Waals surface area contributed by atoms with Crippen LogP contribution >= 0.6 is 0 Å². The van der Waals surface area contributed by atoms with Crippen molar-refractivity contribution in [3.63, 3.8) is 0 Å². The summed E-state index contributed by atoms with van der Waals surface area (Å²) in [6.07, 6.45) is 3.23. The molecule has 31 heavy (non-hydrogen) atoms. The van der Waals surface area contributed by atoms with Crippen molar-refractivity contribution >= 4 is 28.7 Å². The number of aliphatic hydroxyl groups excluding tert-OH is 1. The molecule has 0 radical (unpaired) electrons. The van der Waals surface area contributed by atoms with Crippen molar-refractivity contribution in [2.75, 3.05) is 56.0 Å². The fourth-order valence-corrected chi connectivity index (χ4v) is 3.95. The summed E-state index contributed by atoms with van der Waals surface area (Å²) in [5.74, 6) is 0.860. The Morgan fingerprint density at radius 3 is 1.97 bits per heavy atom. The number of benzene rings is 2. The first-order valence-corrected chi connectivity index (χ1v) is 10.8. The van der Waals surface area contributed by atoms with Crippen LogP contribution in [0.25, 0.3) is 5.70 Å². The van der Waals surface area contributed by atoms with Crippen molar-refractivity contribution < 1.29 is 5.11 Å². The summed E-state index contributed by atoms with van der Waals surface area (Å²) in [5.41, 5.74) is 8.64. The zero-order chi connectivity index (χ0) is 22.0. The summed E-state index contributed by atoms with van der Waals surface area (Å²) in [5, 5.41) is 14.6. The molecule has 2 aliphatic rings. The van der Waals surface area contributed by atoms with E-state index in [-0.39, 0.29) is 6.10 Å². The van der Waals surface area contributed by atoms with Gasteiger partial charge in [-0.2, -0.15) is 0 Å². The quantitative estimate of drug-likeness (QED) is 0.793. The first-order valence-electron chi connectivity index (χ1n) is 10.8. The molecule has 2 heterocycles. The van der Waals surface area contributed by atoms with E-state index in [9.17, 15) is 5.11 Å². The van der Waals surface area contributed by atoms with E-state index in [0.717, 1.165) is 60.2 Å². The predicted octanol–water partition coefficient (Wildman–Crippen LogP) is 2.95. The molecule has 2 aromatic carbocycles. The molecule has 7 heteroatoms. The zero-order valence-electron chi connectivity index (χ0n) is 18.8. The van der Waals surface area contributed by atoms with Gasteiger partial charge in [0.25, 0.3) is 0 Å². The highest BCUT2D eigenvalue weighted by molar-refractivity contribution is 6.08. The molecule has 2 aromatic rings. The Morgan fingerprint density at radius 1 is 0.871 bits per heavy atom. The zero-order valence-corrected chi connectivity index (χ0v) is 18.8. The van der Waals surface area contributed by atoms with Crippen LogP contribution in [0, 0.1) is 0 Å². The second-order valence-electron chi connectivity index (χ2n) is 8.48. The van der Waals surface area contributed by atoms with Gasteiger partial charge in [0, 0.05) is 70.1 Å². The highest BCUT2D eigenvalue weighted by Crippen LogP contribution is 2.32. The fraction of sp³-hybridized carbons (Fsp3) is 0.375. The number of aliphatic hydroxyl groups is 1. The Bertz CT molecular complexity index is 941. The first-order chi connectivity index (χ1) is 14.9. The number of piperidine rings is 1. The number of nitrogens with one attached hydrogen (secondary N) is 1. The Kier molecular flexibility index (Phi) is 6.04. The average molecular weight is 421 g/mol. The third-order valence-corrected chi connectivity index (χ3v) is 5.86. The van der Waals surface area contributed by atoms with Gasteiger partial charge in [-0.25, -0.2) is 0 Å². The number of likely N-dealkylation sites (tertiary alicyclic amines) is 1. The lowest BCUT2D eigenvalue weighted by atomic mass is 10.1. The Balaban J connectivity index is 1.71. The minimum absolute atomic E-state index is 0.227. The smallest absolute Gasteiger partial charge is 0.228 e. The van der Waals surface area contributed by atoms with Gasteiger partial charge in [-0.05, 0) is 49.2 Å². The number of hydrazone groups is 1. The third-order valence-electron chi connectivity index (χ3n) is 5.86. The van der Waals surface area contributed by atoms with Crippen LogP contribution in [-0.4, -0.2) is 63.4 Å². The highest BCUT2D eigenvalue weighted by atomic mass is 16.3. The number of rotatable bonds is 4. The summed E-state index contributed by atoms with van der Waals surface area (Å²) in [6, 6.07) is 17.1. The van der Waals surface area contributed by atoms with Gasteiger partial charge < -0.3 is 19.8 Å². The van der Waals surface area contributed by atoms with Crippen molar-refractivity contribution in [2.24, 2.45) is 5.10 Å². The van der Waals surface area contributed by atoms with E-state index >= 15 is 0 Å². The van der Waals surface area contributed by atoms with Gasteiger partial charge in [0.15, 0.2) is 0 Å². The van der Waals surface area contributed by atoms with Gasteiger partial charge in [0.2, 0.25) is 5.96 Å². The van der Waals surface area contributed by atoms with Crippen molar-refractivity contribution in [3.8, 4) is 0 Å². The minimum atomic E-state index is -0.227. The number of hydrogen-bond donors (Lipinski definition) is 2. The molecule has 0 bridgehead atoms. The van der Waals surface area contributed by atoms with Gasteiger partial charge >= 0.3 is 0 Å². The molecule has 0 saturated carbocycles. The molecular formula is C24H32N6O. The largest absolute Gasteiger partial charge is 0.393 e. The van der Waals surface area contributed by atoms with Gasteiger partial charge in [-0.3, -0.25) is 10.3 Å². The van der Waals surface area contributed by atoms with Crippen LogP contribution in [0.1, 0.15) is 18.4 Å². The maximum absolute atomic E-state index is 9.98. The molecule has 0 unspecified atom stereocenters. The van der Waals surface area contributed by atoms with Crippen LogP contribution in [0.2, 0.25) is 0 Å². The van der Waals surface area contributed by atoms with Gasteiger partial charge in [0.05, 0.1) is 11.8 Å². The van der Waals surface area contributed by atoms with E-state index in [0.29, 0.717) is 0 Å². The minimum Gasteiger partial charge on any atom is -0.393 e. The van der Waals surface area contributed by atoms with Crippen LogP contribution in [0.4, 0.5) is 17.1 Å². The molecule has 0 atom stereocenters. The molecular weight excluding hydrogens is 388 g/mol. The average Bonchev–Trinajstić information content (AvgIpc) is 2.79. The van der Waals surface area contributed by atoms with E-state index in [2.05, 4.69) is 78.7 Å². The maximum Gasteiger partial charge on any atom is 0.228 e. The van der Waals surface area contributed by atoms with Crippen LogP contribution < -0.4 is 20.1 Å². The molecule has 4 rings (SSSR count). The van der Waals surface area contributed by atoms with Crippen molar-refractivity contribution in [3.05, 3.63) is 60.3 Å². The standard InChI is InChI=1S/C24H32N6O/c1-27(2)19-7-5-18(6-8-19)23-17-25-26-24(29-15-13-22(31)14-16-29)30(23)21-11-9-20(10-12-21)28(3)4/h5-12,17,22,25,31H,13-16H2,1-4H3. The third kappa shape index (κ3) is 4.46. The number of nitrogens with zero attached hydrogens (tertiary/aromatic N) is 5. The van der Waals surface area contributed by atoms with Gasteiger partial charge in [-0.1, -0.05) is 12.1 Å². The second-order valence-corrected chi connectivity index (χ2v) is 8.48. The number of hydrogen-bond acceptors (Lipinski definition) is 7. The monoisotopic (exact) mass is 420 g/mol. The first kappa shape index (κ1) is 21.1. The fourth-order valence-electron chi connectivity index (χ4n) is 3.95. The number of guanidine groups is 1. The van der Waals surface area contributed by atoms with Crippen molar-refractivity contribution in [2.45, 2.75) is 18.9 Å². The van der Waals surface area contributed by atoms with Crippen LogP contribution in [0.3, 0.4) is 0 Å². The van der Waals surface area contributed by atoms with Crippen LogP contribution in [0.5, 0.6) is 0 Å². The highest BCUT2D eigenvalue weighted by Gasteiger charge is 2.29. The lowest BCUT2D eigenvalue weighted by molar-refractivity contribution is 0.108. The molecule has 1 fully saturated rings. The molecule has 2 N–H and O–H groups in total. The lowest BCUT2D eigenvalue weighted by Gasteiger charge is -2.40. The second kappa shape index (κ2) is 8.89. The topological polar surface area (TPSA) is 57.6 Å². The van der Waals surface area contributed by atoms with Crippen LogP contribution in [0.15, 0.2) is 59.8 Å². The molecule has 7 nitrogen and oxygen atoms in total. The van der Waals surface area contributed by atoms with Crippen molar-refractivity contribution in [1.29, 1.82) is 0 Å². The van der Waals surface area contributed by atoms with E-state index < -0.39 is 0 Å². The summed E-state index contributed by atoms with van der Waals surface area (Å²) < 4.78 is 0. The predicted molar refractivity (Wildman–Crippen MR) is 129 cm³/mol. The molecule has 0 spiro atoms. The van der Waals surface area contributed by atoms with E-state index in [1.165, 1.54) is 0 Å². The molecule has 0 aliphatic carbocycles. The SMILES string of the molecule is CN(C)c1ccc(C2=CNN=C(N3CCC(O)CC3)N2c2ccc(N(C)C)cc2)cc1. The van der Waals surface area contributed by atoms with Gasteiger partial charge in [0.1, 0.15) is 0 Å². The normalized spacial score (nSPS) is 17.1. The Morgan fingerprint density at radius 2 is 1.42 bits per heavy atom. The van der Waals surface area contributed by atoms with E-state index in [4.69, 9.17) is 0 Å². The Hall–Kier alpha value is -3.19. The van der Waals surface area contributed by atoms with Gasteiger partial charge in [-0.15, -0.1) is 5.10 Å².